The third kappa shape index (κ3) is 4.97. The Labute approximate surface area is 229 Å². The number of hydrogen-bond donors (Lipinski definition) is 0. The van der Waals surface area contributed by atoms with E-state index >= 15 is 0 Å². The SMILES string of the molecule is O=C1CCN(C(c2ccccc2)(c2ccccc2)c2ccccc2)CC1=Cc1ccn(Cc2ccccn2)n1. The zero-order valence-electron chi connectivity index (χ0n) is 21.7. The normalized spacial score (nSPS) is 15.5. The summed E-state index contributed by atoms with van der Waals surface area (Å²) in [6, 6.07) is 39.7. The lowest BCUT2D eigenvalue weighted by Crippen LogP contribution is -2.52. The van der Waals surface area contributed by atoms with E-state index in [1.165, 1.54) is 16.7 Å². The molecule has 1 aliphatic rings. The number of nitrogens with zero attached hydrogens (tertiary/aromatic N) is 4. The van der Waals surface area contributed by atoms with Crippen molar-refractivity contribution in [3.63, 3.8) is 0 Å². The Morgan fingerprint density at radius 3 is 1.90 bits per heavy atom. The summed E-state index contributed by atoms with van der Waals surface area (Å²) in [6.45, 7) is 1.76. The lowest BCUT2D eigenvalue weighted by atomic mass is 9.74. The molecular weight excluding hydrogens is 480 g/mol. The maximum absolute atomic E-state index is 13.2. The van der Waals surface area contributed by atoms with Gasteiger partial charge in [0.15, 0.2) is 5.78 Å². The number of aromatic nitrogens is 3. The summed E-state index contributed by atoms with van der Waals surface area (Å²) in [5, 5.41) is 4.73. The van der Waals surface area contributed by atoms with Crippen molar-refractivity contribution < 1.29 is 4.79 Å². The van der Waals surface area contributed by atoms with E-state index in [1.54, 1.807) is 6.20 Å². The summed E-state index contributed by atoms with van der Waals surface area (Å²) in [6.07, 6.45) is 6.13. The van der Waals surface area contributed by atoms with Gasteiger partial charge in [0.1, 0.15) is 0 Å². The van der Waals surface area contributed by atoms with E-state index in [4.69, 9.17) is 5.10 Å². The predicted molar refractivity (Wildman–Crippen MR) is 154 cm³/mol. The minimum atomic E-state index is -0.554. The highest BCUT2D eigenvalue weighted by Gasteiger charge is 2.44. The number of likely N-dealkylation sites (tertiary alicyclic amines) is 1. The molecule has 5 heteroatoms. The molecule has 0 spiro atoms. The molecule has 5 nitrogen and oxygen atoms in total. The fourth-order valence-electron chi connectivity index (χ4n) is 5.65. The van der Waals surface area contributed by atoms with Crippen LogP contribution in [-0.4, -0.2) is 38.5 Å². The fourth-order valence-corrected chi connectivity index (χ4v) is 5.65. The molecule has 3 aromatic carbocycles. The van der Waals surface area contributed by atoms with Gasteiger partial charge in [-0.2, -0.15) is 5.10 Å². The number of pyridine rings is 1. The number of piperidine rings is 1. The van der Waals surface area contributed by atoms with Crippen LogP contribution >= 0.6 is 0 Å². The van der Waals surface area contributed by atoms with Crippen molar-refractivity contribution in [3.8, 4) is 0 Å². The van der Waals surface area contributed by atoms with Crippen molar-refractivity contribution in [2.24, 2.45) is 0 Å². The molecule has 5 aromatic rings. The van der Waals surface area contributed by atoms with E-state index in [1.807, 2.05) is 41.2 Å². The fraction of sp³-hybridized carbons (Fsp3) is 0.147. The molecule has 0 N–H and O–H groups in total. The van der Waals surface area contributed by atoms with Gasteiger partial charge < -0.3 is 0 Å². The first-order chi connectivity index (χ1) is 19.2. The Morgan fingerprint density at radius 2 is 1.33 bits per heavy atom. The lowest BCUT2D eigenvalue weighted by Gasteiger charge is -2.47. The van der Waals surface area contributed by atoms with Crippen LogP contribution < -0.4 is 0 Å². The summed E-state index contributed by atoms with van der Waals surface area (Å²) >= 11 is 0. The van der Waals surface area contributed by atoms with Crippen LogP contribution in [0, 0.1) is 0 Å². The van der Waals surface area contributed by atoms with Crippen LogP contribution in [0.3, 0.4) is 0 Å². The largest absolute Gasteiger partial charge is 0.294 e. The van der Waals surface area contributed by atoms with Crippen LogP contribution in [0.1, 0.15) is 34.5 Å². The van der Waals surface area contributed by atoms with Gasteiger partial charge in [0, 0.05) is 37.5 Å². The first-order valence-corrected chi connectivity index (χ1v) is 13.3. The second-order valence-corrected chi connectivity index (χ2v) is 9.83. The van der Waals surface area contributed by atoms with Crippen molar-refractivity contribution in [1.29, 1.82) is 0 Å². The average molecular weight is 511 g/mol. The zero-order valence-corrected chi connectivity index (χ0v) is 21.7. The van der Waals surface area contributed by atoms with Crippen molar-refractivity contribution in [3.05, 3.63) is 161 Å². The molecule has 0 aliphatic carbocycles. The minimum Gasteiger partial charge on any atom is -0.294 e. The molecule has 6 rings (SSSR count). The van der Waals surface area contributed by atoms with Crippen LogP contribution in [0.25, 0.3) is 6.08 Å². The maximum Gasteiger partial charge on any atom is 0.161 e. The Balaban J connectivity index is 1.41. The molecule has 39 heavy (non-hydrogen) atoms. The van der Waals surface area contributed by atoms with E-state index in [9.17, 15) is 4.79 Å². The second-order valence-electron chi connectivity index (χ2n) is 9.83. The van der Waals surface area contributed by atoms with Gasteiger partial charge in [-0.05, 0) is 41.0 Å². The first-order valence-electron chi connectivity index (χ1n) is 13.3. The number of Topliss-reactive ketones (excluding diaryl/α,β-unsaturated/α-hetero) is 1. The molecule has 1 fully saturated rings. The Hall–Kier alpha value is -4.61. The summed E-state index contributed by atoms with van der Waals surface area (Å²) in [7, 11) is 0. The summed E-state index contributed by atoms with van der Waals surface area (Å²) in [5.41, 5.74) is 5.47. The highest BCUT2D eigenvalue weighted by atomic mass is 16.1. The Morgan fingerprint density at radius 1 is 0.744 bits per heavy atom. The topological polar surface area (TPSA) is 51.0 Å². The van der Waals surface area contributed by atoms with E-state index in [2.05, 4.69) is 101 Å². The number of hydrogen-bond acceptors (Lipinski definition) is 4. The quantitative estimate of drug-likeness (QED) is 0.200. The predicted octanol–water partition coefficient (Wildman–Crippen LogP) is 5.98. The number of benzene rings is 3. The number of ketones is 1. The van der Waals surface area contributed by atoms with Gasteiger partial charge in [0.2, 0.25) is 0 Å². The van der Waals surface area contributed by atoms with Gasteiger partial charge in [-0.1, -0.05) is 97.1 Å². The molecule has 0 unspecified atom stereocenters. The van der Waals surface area contributed by atoms with Gasteiger partial charge in [-0.25, -0.2) is 0 Å². The van der Waals surface area contributed by atoms with E-state index in [-0.39, 0.29) is 5.78 Å². The summed E-state index contributed by atoms with van der Waals surface area (Å²) < 4.78 is 1.86. The van der Waals surface area contributed by atoms with Crippen LogP contribution in [0.15, 0.2) is 133 Å². The molecule has 3 heterocycles. The molecule has 0 radical (unpaired) electrons. The molecule has 0 atom stereocenters. The third-order valence-electron chi connectivity index (χ3n) is 7.41. The van der Waals surface area contributed by atoms with Crippen LogP contribution in [0.2, 0.25) is 0 Å². The van der Waals surface area contributed by atoms with E-state index < -0.39 is 5.54 Å². The van der Waals surface area contributed by atoms with Gasteiger partial charge >= 0.3 is 0 Å². The zero-order chi connectivity index (χ0) is 26.5. The molecule has 1 saturated heterocycles. The van der Waals surface area contributed by atoms with Crippen LogP contribution in [0.5, 0.6) is 0 Å². The summed E-state index contributed by atoms with van der Waals surface area (Å²) in [4.78, 5) is 20.1. The molecule has 192 valence electrons. The van der Waals surface area contributed by atoms with Gasteiger partial charge in [0.25, 0.3) is 0 Å². The van der Waals surface area contributed by atoms with Gasteiger partial charge in [0.05, 0.1) is 23.5 Å². The van der Waals surface area contributed by atoms with Crippen LogP contribution in [0.4, 0.5) is 0 Å². The van der Waals surface area contributed by atoms with Crippen molar-refractivity contribution in [2.75, 3.05) is 13.1 Å². The number of carbonyl (C=O) groups is 1. The van der Waals surface area contributed by atoms with E-state index in [0.717, 1.165) is 17.0 Å². The molecule has 0 bridgehead atoms. The molecule has 1 aliphatic heterocycles. The van der Waals surface area contributed by atoms with Gasteiger partial charge in [-0.15, -0.1) is 0 Å². The molecule has 0 amide bonds. The lowest BCUT2D eigenvalue weighted by molar-refractivity contribution is -0.117. The Kier molecular flexibility index (Phi) is 6.98. The highest BCUT2D eigenvalue weighted by Crippen LogP contribution is 2.43. The number of rotatable bonds is 7. The Bertz CT molecular complexity index is 1460. The maximum atomic E-state index is 13.2. The highest BCUT2D eigenvalue weighted by molar-refractivity contribution is 6.00. The molecular formula is C34H30N4O. The van der Waals surface area contributed by atoms with Gasteiger partial charge in [-0.3, -0.25) is 19.4 Å². The van der Waals surface area contributed by atoms with Crippen molar-refractivity contribution >= 4 is 11.9 Å². The van der Waals surface area contributed by atoms with Crippen molar-refractivity contribution in [2.45, 2.75) is 18.5 Å². The number of carbonyl (C=O) groups excluding carboxylic acids is 1. The minimum absolute atomic E-state index is 0.175. The smallest absolute Gasteiger partial charge is 0.161 e. The van der Waals surface area contributed by atoms with Crippen LogP contribution in [-0.2, 0) is 16.9 Å². The van der Waals surface area contributed by atoms with Crippen molar-refractivity contribution in [1.82, 2.24) is 19.7 Å². The first kappa shape index (κ1) is 24.7. The molecule has 0 saturated carbocycles. The summed E-state index contributed by atoms with van der Waals surface area (Å²) in [5.74, 6) is 0.175. The van der Waals surface area contributed by atoms with E-state index in [0.29, 0.717) is 26.1 Å². The standard InChI is InChI=1S/C34H30N4O/c39-33-20-22-37(25-27(33)24-31-19-23-38(36-31)26-32-18-10-11-21-35-32)34(28-12-4-1-5-13-28,29-14-6-2-7-15-29)30-16-8-3-9-17-30/h1-19,21,23-24H,20,22,25-26H2. The molecule has 2 aromatic heterocycles. The monoisotopic (exact) mass is 510 g/mol. The second kappa shape index (κ2) is 11.0. The average Bonchev–Trinajstić information content (AvgIpc) is 3.44. The third-order valence-corrected chi connectivity index (χ3v) is 7.41.